The molecule has 0 aliphatic carbocycles. The molecule has 1 aliphatic rings. The van der Waals surface area contributed by atoms with Gasteiger partial charge < -0.3 is 4.90 Å². The summed E-state index contributed by atoms with van der Waals surface area (Å²) in [6.07, 6.45) is 7.10. The molecule has 1 aliphatic heterocycles. The van der Waals surface area contributed by atoms with Gasteiger partial charge in [-0.15, -0.1) is 0 Å². The molecular weight excluding hydrogens is 190 g/mol. The highest BCUT2D eigenvalue weighted by molar-refractivity contribution is 4.82. The van der Waals surface area contributed by atoms with Gasteiger partial charge in [-0.3, -0.25) is 9.36 Å². The Morgan fingerprint density at radius 2 is 2.00 bits per heavy atom. The molecule has 4 nitrogen and oxygen atoms in total. The molecule has 4 heteroatoms. The molecule has 2 rings (SSSR count). The summed E-state index contributed by atoms with van der Waals surface area (Å²) in [4.78, 5) is 17.8. The van der Waals surface area contributed by atoms with Crippen LogP contribution >= 0.6 is 0 Å². The molecule has 1 aromatic rings. The van der Waals surface area contributed by atoms with Crippen molar-refractivity contribution < 1.29 is 0 Å². The van der Waals surface area contributed by atoms with Crippen LogP contribution < -0.4 is 5.56 Å². The van der Waals surface area contributed by atoms with E-state index in [-0.39, 0.29) is 5.56 Å². The van der Waals surface area contributed by atoms with E-state index in [4.69, 9.17) is 0 Å². The van der Waals surface area contributed by atoms with Crippen LogP contribution in [0, 0.1) is 0 Å². The Morgan fingerprint density at radius 3 is 2.73 bits per heavy atom. The lowest BCUT2D eigenvalue weighted by atomic mass is 10.1. The summed E-state index contributed by atoms with van der Waals surface area (Å²) in [5.41, 5.74) is 0.0435. The van der Waals surface area contributed by atoms with Crippen LogP contribution in [0.2, 0.25) is 0 Å². The minimum absolute atomic E-state index is 0.0435. The number of hydrogen-bond donors (Lipinski definition) is 0. The highest BCUT2D eigenvalue weighted by atomic mass is 16.1. The summed E-state index contributed by atoms with van der Waals surface area (Å²) in [5, 5.41) is 0. The largest absolute Gasteiger partial charge is 0.302 e. The maximum Gasteiger partial charge on any atom is 0.253 e. The number of piperidine rings is 1. The van der Waals surface area contributed by atoms with Gasteiger partial charge in [0.15, 0.2) is 0 Å². The van der Waals surface area contributed by atoms with Gasteiger partial charge in [0.1, 0.15) is 0 Å². The summed E-state index contributed by atoms with van der Waals surface area (Å²) >= 11 is 0. The molecule has 0 spiro atoms. The van der Waals surface area contributed by atoms with E-state index in [0.29, 0.717) is 0 Å². The Bertz CT molecular complexity index is 355. The third-order valence-electron chi connectivity index (χ3n) is 2.90. The van der Waals surface area contributed by atoms with E-state index in [1.807, 2.05) is 0 Å². The molecule has 1 saturated heterocycles. The minimum atomic E-state index is 0.0435. The molecule has 0 radical (unpaired) electrons. The molecule has 0 amide bonds. The Morgan fingerprint density at radius 1 is 1.20 bits per heavy atom. The van der Waals surface area contributed by atoms with Crippen LogP contribution in [0.25, 0.3) is 0 Å². The third kappa shape index (κ3) is 2.89. The number of likely N-dealkylation sites (tertiary alicyclic amines) is 1. The predicted molar refractivity (Wildman–Crippen MR) is 58.8 cm³/mol. The summed E-state index contributed by atoms with van der Waals surface area (Å²) in [5.74, 6) is 0. The zero-order valence-electron chi connectivity index (χ0n) is 8.93. The highest BCUT2D eigenvalue weighted by Gasteiger charge is 2.09. The van der Waals surface area contributed by atoms with E-state index in [2.05, 4.69) is 9.88 Å². The van der Waals surface area contributed by atoms with Crippen molar-refractivity contribution in [3.05, 3.63) is 28.9 Å². The molecule has 0 bridgehead atoms. The molecule has 0 aromatic carbocycles. The van der Waals surface area contributed by atoms with E-state index in [9.17, 15) is 4.79 Å². The number of hydrogen-bond acceptors (Lipinski definition) is 3. The van der Waals surface area contributed by atoms with Crippen LogP contribution in [0.3, 0.4) is 0 Å². The maximum absolute atomic E-state index is 11.4. The van der Waals surface area contributed by atoms with Crippen molar-refractivity contribution in [2.24, 2.45) is 0 Å². The average Bonchev–Trinajstić information content (AvgIpc) is 2.29. The van der Waals surface area contributed by atoms with Gasteiger partial charge in [0.2, 0.25) is 0 Å². The molecule has 1 aromatic heterocycles. The summed E-state index contributed by atoms with van der Waals surface area (Å²) in [6.45, 7) is 4.07. The van der Waals surface area contributed by atoms with E-state index in [0.717, 1.165) is 13.1 Å². The minimum Gasteiger partial charge on any atom is -0.302 e. The van der Waals surface area contributed by atoms with E-state index in [1.54, 1.807) is 17.1 Å². The lowest BCUT2D eigenvalue weighted by Gasteiger charge is -2.26. The van der Waals surface area contributed by atoms with Gasteiger partial charge in [-0.25, -0.2) is 4.98 Å². The molecular formula is C11H17N3O. The quantitative estimate of drug-likeness (QED) is 0.733. The highest BCUT2D eigenvalue weighted by Crippen LogP contribution is 2.07. The first kappa shape index (κ1) is 10.4. The van der Waals surface area contributed by atoms with Crippen molar-refractivity contribution in [3.8, 4) is 0 Å². The molecule has 15 heavy (non-hydrogen) atoms. The SMILES string of the molecule is O=c1ccncn1CCN1CCCCC1. The molecule has 0 saturated carbocycles. The molecule has 0 N–H and O–H groups in total. The number of aromatic nitrogens is 2. The van der Waals surface area contributed by atoms with Crippen LogP contribution in [0.1, 0.15) is 19.3 Å². The van der Waals surface area contributed by atoms with Crippen molar-refractivity contribution >= 4 is 0 Å². The first-order valence-corrected chi connectivity index (χ1v) is 5.59. The van der Waals surface area contributed by atoms with Gasteiger partial charge in [0.05, 0.1) is 6.33 Å². The Kier molecular flexibility index (Phi) is 3.50. The summed E-state index contributed by atoms with van der Waals surface area (Å²) in [6, 6.07) is 1.51. The zero-order valence-corrected chi connectivity index (χ0v) is 8.93. The van der Waals surface area contributed by atoms with Crippen LogP contribution in [0.15, 0.2) is 23.4 Å². The fourth-order valence-electron chi connectivity index (χ4n) is 1.98. The smallest absolute Gasteiger partial charge is 0.253 e. The molecule has 0 atom stereocenters. The number of rotatable bonds is 3. The monoisotopic (exact) mass is 207 g/mol. The maximum atomic E-state index is 11.4. The third-order valence-corrected chi connectivity index (χ3v) is 2.90. The summed E-state index contributed by atoms with van der Waals surface area (Å²) in [7, 11) is 0. The van der Waals surface area contributed by atoms with Crippen molar-refractivity contribution in [3.63, 3.8) is 0 Å². The van der Waals surface area contributed by atoms with Crippen molar-refractivity contribution in [1.82, 2.24) is 14.5 Å². The van der Waals surface area contributed by atoms with Crippen LogP contribution in [-0.4, -0.2) is 34.1 Å². The van der Waals surface area contributed by atoms with Gasteiger partial charge in [0.25, 0.3) is 5.56 Å². The van der Waals surface area contributed by atoms with E-state index < -0.39 is 0 Å². The second kappa shape index (κ2) is 5.07. The lowest BCUT2D eigenvalue weighted by molar-refractivity contribution is 0.219. The van der Waals surface area contributed by atoms with E-state index >= 15 is 0 Å². The van der Waals surface area contributed by atoms with Gasteiger partial charge in [-0.2, -0.15) is 0 Å². The first-order chi connectivity index (χ1) is 7.36. The van der Waals surface area contributed by atoms with Gasteiger partial charge >= 0.3 is 0 Å². The van der Waals surface area contributed by atoms with Gasteiger partial charge in [-0.05, 0) is 25.9 Å². The molecule has 0 unspecified atom stereocenters. The lowest BCUT2D eigenvalue weighted by Crippen LogP contribution is -2.34. The summed E-state index contributed by atoms with van der Waals surface area (Å²) < 4.78 is 1.68. The van der Waals surface area contributed by atoms with Crippen molar-refractivity contribution in [2.75, 3.05) is 19.6 Å². The zero-order chi connectivity index (χ0) is 10.5. The Hall–Kier alpha value is -1.16. The van der Waals surface area contributed by atoms with Crippen molar-refractivity contribution in [1.29, 1.82) is 0 Å². The second-order valence-corrected chi connectivity index (χ2v) is 4.01. The fourth-order valence-corrected chi connectivity index (χ4v) is 1.98. The van der Waals surface area contributed by atoms with Crippen LogP contribution in [0.5, 0.6) is 0 Å². The molecule has 1 fully saturated rings. The Balaban J connectivity index is 1.87. The molecule has 2 heterocycles. The van der Waals surface area contributed by atoms with Crippen LogP contribution in [0.4, 0.5) is 0 Å². The standard InChI is InChI=1S/C11H17N3O/c15-11-4-5-12-10-14(11)9-8-13-6-2-1-3-7-13/h4-5,10H,1-3,6-9H2. The first-order valence-electron chi connectivity index (χ1n) is 5.59. The fraction of sp³-hybridized carbons (Fsp3) is 0.636. The topological polar surface area (TPSA) is 38.1 Å². The van der Waals surface area contributed by atoms with E-state index in [1.165, 1.54) is 38.4 Å². The normalized spacial score (nSPS) is 17.9. The second-order valence-electron chi connectivity index (χ2n) is 4.01. The van der Waals surface area contributed by atoms with Gasteiger partial charge in [0, 0.05) is 25.4 Å². The average molecular weight is 207 g/mol. The van der Waals surface area contributed by atoms with Gasteiger partial charge in [-0.1, -0.05) is 6.42 Å². The van der Waals surface area contributed by atoms with Crippen LogP contribution in [-0.2, 0) is 6.54 Å². The predicted octanol–water partition coefficient (Wildman–Crippen LogP) is 0.729. The Labute approximate surface area is 89.6 Å². The molecule has 82 valence electrons. The number of nitrogens with zero attached hydrogens (tertiary/aromatic N) is 3. The van der Waals surface area contributed by atoms with Crippen molar-refractivity contribution in [2.45, 2.75) is 25.8 Å².